The number of piperazine rings is 1. The number of carbonyl (C=O) groups is 2. The van der Waals surface area contributed by atoms with Crippen LogP contribution < -0.4 is 14.8 Å². The van der Waals surface area contributed by atoms with Gasteiger partial charge in [0.15, 0.2) is 0 Å². The number of nitrogens with zero attached hydrogens (tertiary/aromatic N) is 2. The third-order valence-corrected chi connectivity index (χ3v) is 7.82. The Kier molecular flexibility index (Phi) is 9.04. The van der Waals surface area contributed by atoms with Gasteiger partial charge < -0.3 is 24.6 Å². The normalized spacial score (nSPS) is 18.2. The molecule has 7 heteroatoms. The van der Waals surface area contributed by atoms with Gasteiger partial charge in [-0.05, 0) is 66.3 Å². The Morgan fingerprint density at radius 3 is 2.37 bits per heavy atom. The highest BCUT2D eigenvalue weighted by Crippen LogP contribution is 2.34. The van der Waals surface area contributed by atoms with Gasteiger partial charge in [-0.25, -0.2) is 0 Å². The Balaban J connectivity index is 1.30. The number of hydrogen-bond acceptors (Lipinski definition) is 5. The summed E-state index contributed by atoms with van der Waals surface area (Å²) in [5, 5.41) is 3.62. The molecule has 41 heavy (non-hydrogen) atoms. The van der Waals surface area contributed by atoms with Crippen molar-refractivity contribution in [3.8, 4) is 11.5 Å². The van der Waals surface area contributed by atoms with Crippen LogP contribution in [-0.2, 0) is 16.0 Å². The minimum atomic E-state index is -0.206. The predicted molar refractivity (Wildman–Crippen MR) is 161 cm³/mol. The van der Waals surface area contributed by atoms with Crippen molar-refractivity contribution < 1.29 is 19.1 Å². The predicted octanol–water partition coefficient (Wildman–Crippen LogP) is 4.50. The third kappa shape index (κ3) is 7.16. The fraction of sp³-hybridized carbons (Fsp3) is 0.353. The van der Waals surface area contributed by atoms with Crippen molar-refractivity contribution in [3.63, 3.8) is 0 Å². The molecule has 3 aromatic carbocycles. The standard InChI is InChI=1S/C34H39N3O4/c1-24-8-7-11-30(20-24)41-19-18-40-29-14-12-27(13-15-29)31-21-28-22-37(25(2)38)23-32(35-28)33(31)34(39)36(3)17-16-26-9-5-4-6-10-26/h4-15,20,28,32,35H,16-19,21-23H2,1-3H3/t28-,32-/m1/s1. The van der Waals surface area contributed by atoms with Crippen molar-refractivity contribution >= 4 is 17.4 Å². The molecule has 2 bridgehead atoms. The van der Waals surface area contributed by atoms with Gasteiger partial charge in [-0.3, -0.25) is 9.59 Å². The van der Waals surface area contributed by atoms with E-state index in [1.807, 2.05) is 90.5 Å². The second-order valence-electron chi connectivity index (χ2n) is 10.9. The molecule has 2 aliphatic heterocycles. The second-order valence-corrected chi connectivity index (χ2v) is 10.9. The summed E-state index contributed by atoms with van der Waals surface area (Å²) < 4.78 is 11.7. The zero-order valence-electron chi connectivity index (χ0n) is 24.1. The molecular formula is C34H39N3O4. The van der Waals surface area contributed by atoms with Gasteiger partial charge in [0.2, 0.25) is 5.91 Å². The number of hydrogen-bond donors (Lipinski definition) is 1. The van der Waals surface area contributed by atoms with Crippen LogP contribution in [-0.4, -0.2) is 73.6 Å². The van der Waals surface area contributed by atoms with E-state index in [0.29, 0.717) is 39.3 Å². The molecule has 2 amide bonds. The lowest BCUT2D eigenvalue weighted by molar-refractivity contribution is -0.132. The number of carbonyl (C=O) groups excluding carboxylic acids is 2. The number of likely N-dealkylation sites (N-methyl/N-ethyl adjacent to an activating group) is 1. The van der Waals surface area contributed by atoms with E-state index in [4.69, 9.17) is 9.47 Å². The fourth-order valence-electron chi connectivity index (χ4n) is 5.65. The molecule has 0 aliphatic carbocycles. The maximum Gasteiger partial charge on any atom is 0.251 e. The van der Waals surface area contributed by atoms with Crippen LogP contribution >= 0.6 is 0 Å². The van der Waals surface area contributed by atoms with Crippen molar-refractivity contribution in [1.29, 1.82) is 0 Å². The first-order chi connectivity index (χ1) is 19.9. The first-order valence-electron chi connectivity index (χ1n) is 14.3. The van der Waals surface area contributed by atoms with Gasteiger partial charge in [-0.2, -0.15) is 0 Å². The molecule has 2 heterocycles. The lowest BCUT2D eigenvalue weighted by Gasteiger charge is -2.44. The highest BCUT2D eigenvalue weighted by Gasteiger charge is 2.39. The van der Waals surface area contributed by atoms with Crippen molar-refractivity contribution in [2.24, 2.45) is 0 Å². The molecule has 0 radical (unpaired) electrons. The molecule has 7 nitrogen and oxygen atoms in total. The lowest BCUT2D eigenvalue weighted by Crippen LogP contribution is -2.61. The quantitative estimate of drug-likeness (QED) is 0.375. The summed E-state index contributed by atoms with van der Waals surface area (Å²) in [6.07, 6.45) is 1.46. The Bertz CT molecular complexity index is 1390. The van der Waals surface area contributed by atoms with Gasteiger partial charge in [0, 0.05) is 45.2 Å². The van der Waals surface area contributed by atoms with Crippen LogP contribution in [0.15, 0.2) is 84.4 Å². The lowest BCUT2D eigenvalue weighted by atomic mass is 9.83. The molecule has 0 aromatic heterocycles. The van der Waals surface area contributed by atoms with Crippen molar-refractivity contribution in [2.45, 2.75) is 38.8 Å². The Labute approximate surface area is 242 Å². The number of benzene rings is 3. The van der Waals surface area contributed by atoms with E-state index >= 15 is 0 Å². The average molecular weight is 554 g/mol. The van der Waals surface area contributed by atoms with Gasteiger partial charge >= 0.3 is 0 Å². The highest BCUT2D eigenvalue weighted by molar-refractivity contribution is 6.03. The van der Waals surface area contributed by atoms with E-state index in [2.05, 4.69) is 17.4 Å². The molecule has 2 aliphatic rings. The largest absolute Gasteiger partial charge is 0.490 e. The molecule has 3 aromatic rings. The minimum absolute atomic E-state index is 0.00547. The van der Waals surface area contributed by atoms with E-state index in [9.17, 15) is 9.59 Å². The Morgan fingerprint density at radius 2 is 1.66 bits per heavy atom. The van der Waals surface area contributed by atoms with E-state index in [-0.39, 0.29) is 23.9 Å². The molecule has 1 N–H and O–H groups in total. The summed E-state index contributed by atoms with van der Waals surface area (Å²) in [7, 11) is 1.86. The van der Waals surface area contributed by atoms with E-state index < -0.39 is 0 Å². The number of rotatable bonds is 10. The molecule has 214 valence electrons. The molecule has 0 unspecified atom stereocenters. The summed E-state index contributed by atoms with van der Waals surface area (Å²) in [6.45, 7) is 6.27. The molecule has 0 saturated carbocycles. The fourth-order valence-corrected chi connectivity index (χ4v) is 5.65. The van der Waals surface area contributed by atoms with Crippen molar-refractivity contribution in [3.05, 3.63) is 101 Å². The van der Waals surface area contributed by atoms with E-state index in [0.717, 1.165) is 40.2 Å². The van der Waals surface area contributed by atoms with Crippen LogP contribution in [0.5, 0.6) is 11.5 Å². The van der Waals surface area contributed by atoms with Crippen LogP contribution in [0.25, 0.3) is 5.57 Å². The molecule has 1 saturated heterocycles. The minimum Gasteiger partial charge on any atom is -0.490 e. The second kappa shape index (κ2) is 13.0. The average Bonchev–Trinajstić information content (AvgIpc) is 2.98. The summed E-state index contributed by atoms with van der Waals surface area (Å²) in [6, 6.07) is 26.0. The van der Waals surface area contributed by atoms with Gasteiger partial charge in [-0.15, -0.1) is 0 Å². The first kappa shape index (κ1) is 28.4. The smallest absolute Gasteiger partial charge is 0.251 e. The number of fused-ring (bicyclic) bond motifs is 2. The number of nitrogens with one attached hydrogen (secondary N) is 1. The maximum atomic E-state index is 13.9. The van der Waals surface area contributed by atoms with Crippen LogP contribution in [0, 0.1) is 6.92 Å². The Morgan fingerprint density at radius 1 is 0.927 bits per heavy atom. The van der Waals surface area contributed by atoms with Crippen molar-refractivity contribution in [2.75, 3.05) is 39.9 Å². The number of aryl methyl sites for hydroxylation is 1. The van der Waals surface area contributed by atoms with Crippen LogP contribution in [0.4, 0.5) is 0 Å². The van der Waals surface area contributed by atoms with Crippen LogP contribution in [0.1, 0.15) is 30.0 Å². The zero-order chi connectivity index (χ0) is 28.8. The zero-order valence-corrected chi connectivity index (χ0v) is 24.1. The van der Waals surface area contributed by atoms with Crippen LogP contribution in [0.3, 0.4) is 0 Å². The van der Waals surface area contributed by atoms with E-state index in [1.165, 1.54) is 5.56 Å². The molecule has 1 fully saturated rings. The van der Waals surface area contributed by atoms with Crippen molar-refractivity contribution in [1.82, 2.24) is 15.1 Å². The maximum absolute atomic E-state index is 13.9. The summed E-state index contributed by atoms with van der Waals surface area (Å²) in [5.74, 6) is 1.64. The third-order valence-electron chi connectivity index (χ3n) is 7.82. The van der Waals surface area contributed by atoms with Gasteiger partial charge in [0.05, 0.1) is 6.04 Å². The molecule has 0 spiro atoms. The summed E-state index contributed by atoms with van der Waals surface area (Å²) in [5.41, 5.74) is 5.17. The topological polar surface area (TPSA) is 71.1 Å². The highest BCUT2D eigenvalue weighted by atomic mass is 16.5. The van der Waals surface area contributed by atoms with Gasteiger partial charge in [0.1, 0.15) is 24.7 Å². The van der Waals surface area contributed by atoms with Crippen LogP contribution in [0.2, 0.25) is 0 Å². The van der Waals surface area contributed by atoms with E-state index in [1.54, 1.807) is 6.92 Å². The molecule has 5 rings (SSSR count). The summed E-state index contributed by atoms with van der Waals surface area (Å²) in [4.78, 5) is 29.9. The first-order valence-corrected chi connectivity index (χ1v) is 14.3. The number of ether oxygens (including phenoxy) is 2. The number of amides is 2. The van der Waals surface area contributed by atoms with Gasteiger partial charge in [0.25, 0.3) is 5.91 Å². The SMILES string of the molecule is CC(=O)N1C[C@H]2CC(c3ccc(OCCOc4cccc(C)c4)cc3)=C(C(=O)N(C)CCc3ccccc3)[C@@H](C1)N2. The van der Waals surface area contributed by atoms with Gasteiger partial charge in [-0.1, -0.05) is 54.6 Å². The summed E-state index contributed by atoms with van der Waals surface area (Å²) >= 11 is 0. The monoisotopic (exact) mass is 553 g/mol. The Hall–Kier alpha value is -4.10. The molecule has 2 atom stereocenters. The molecular weight excluding hydrogens is 514 g/mol.